The number of rotatable bonds is 8. The maximum atomic E-state index is 8.57. The number of ether oxygens (including phenoxy) is 2. The summed E-state index contributed by atoms with van der Waals surface area (Å²) in [5, 5.41) is 8.57. The minimum absolute atomic E-state index is 0.0543. The van der Waals surface area contributed by atoms with Crippen molar-refractivity contribution >= 4 is 0 Å². The topological polar surface area (TPSA) is 38.7 Å². The Balaban J connectivity index is 1.83. The Kier molecular flexibility index (Phi) is 8.40. The van der Waals surface area contributed by atoms with Crippen LogP contribution in [-0.4, -0.2) is 31.2 Å². The molecular formula is C13H24O3. The first-order chi connectivity index (χ1) is 7.93. The molecule has 0 aromatic heterocycles. The first-order valence-corrected chi connectivity index (χ1v) is 6.42. The molecule has 1 aliphatic heterocycles. The standard InChI is InChI=1S/C13H24O3/c14-10-6-3-1-2-4-7-11-15-13-9-5-8-12-16-13/h1,3,13-14H,2,4-12H2/b3-1+/t13-/m0/s1. The summed E-state index contributed by atoms with van der Waals surface area (Å²) in [6, 6.07) is 0. The Morgan fingerprint density at radius 3 is 2.81 bits per heavy atom. The molecule has 0 aliphatic carbocycles. The molecule has 3 nitrogen and oxygen atoms in total. The fourth-order valence-electron chi connectivity index (χ4n) is 1.73. The van der Waals surface area contributed by atoms with E-state index in [-0.39, 0.29) is 12.9 Å². The molecule has 1 N–H and O–H groups in total. The smallest absolute Gasteiger partial charge is 0.157 e. The predicted octanol–water partition coefficient (Wildman–Crippen LogP) is 2.64. The number of aliphatic hydroxyl groups excluding tert-OH is 1. The number of hydrogen-bond donors (Lipinski definition) is 1. The highest BCUT2D eigenvalue weighted by atomic mass is 16.7. The van der Waals surface area contributed by atoms with Crippen LogP contribution in [0.3, 0.4) is 0 Å². The number of unbranched alkanes of at least 4 members (excludes halogenated alkanes) is 2. The fourth-order valence-corrected chi connectivity index (χ4v) is 1.73. The third-order valence-corrected chi connectivity index (χ3v) is 2.67. The summed E-state index contributed by atoms with van der Waals surface area (Å²) in [5.74, 6) is 0. The van der Waals surface area contributed by atoms with Gasteiger partial charge in [0, 0.05) is 19.8 Å². The summed E-state index contributed by atoms with van der Waals surface area (Å²) in [7, 11) is 0. The highest BCUT2D eigenvalue weighted by Crippen LogP contribution is 2.14. The van der Waals surface area contributed by atoms with Crippen LogP contribution in [0.25, 0.3) is 0 Å². The van der Waals surface area contributed by atoms with Gasteiger partial charge in [0.25, 0.3) is 0 Å². The third-order valence-electron chi connectivity index (χ3n) is 2.67. The summed E-state index contributed by atoms with van der Waals surface area (Å²) in [4.78, 5) is 0. The van der Waals surface area contributed by atoms with Crippen LogP contribution >= 0.6 is 0 Å². The van der Waals surface area contributed by atoms with Gasteiger partial charge in [-0.15, -0.1) is 0 Å². The van der Waals surface area contributed by atoms with Crippen molar-refractivity contribution in [2.45, 2.75) is 51.2 Å². The lowest BCUT2D eigenvalue weighted by atomic mass is 10.2. The Morgan fingerprint density at radius 1 is 1.19 bits per heavy atom. The molecule has 0 bridgehead atoms. The zero-order valence-corrected chi connectivity index (χ0v) is 10.1. The number of hydrogen-bond acceptors (Lipinski definition) is 3. The SMILES string of the molecule is OCC/C=C/CCCCO[C@@H]1CCCCO1. The van der Waals surface area contributed by atoms with Crippen molar-refractivity contribution in [2.24, 2.45) is 0 Å². The van der Waals surface area contributed by atoms with E-state index >= 15 is 0 Å². The van der Waals surface area contributed by atoms with Crippen LogP contribution in [0.2, 0.25) is 0 Å². The molecule has 3 heteroatoms. The Bertz CT molecular complexity index is 174. The van der Waals surface area contributed by atoms with Crippen LogP contribution in [0, 0.1) is 0 Å². The monoisotopic (exact) mass is 228 g/mol. The summed E-state index contributed by atoms with van der Waals surface area (Å²) in [5.41, 5.74) is 0. The van der Waals surface area contributed by atoms with E-state index < -0.39 is 0 Å². The van der Waals surface area contributed by atoms with E-state index in [1.165, 1.54) is 12.8 Å². The molecule has 1 fully saturated rings. The summed E-state index contributed by atoms with van der Waals surface area (Å²) in [6.07, 6.45) is 11.8. The molecule has 1 heterocycles. The third kappa shape index (κ3) is 6.99. The Hall–Kier alpha value is -0.380. The molecule has 0 radical (unpaired) electrons. The highest BCUT2D eigenvalue weighted by Gasteiger charge is 2.12. The maximum Gasteiger partial charge on any atom is 0.157 e. The molecule has 94 valence electrons. The predicted molar refractivity (Wildman–Crippen MR) is 64.2 cm³/mol. The van der Waals surface area contributed by atoms with Crippen molar-refractivity contribution in [3.05, 3.63) is 12.2 Å². The largest absolute Gasteiger partial charge is 0.396 e. The second-order valence-electron chi connectivity index (χ2n) is 4.15. The Labute approximate surface area is 98.4 Å². The first kappa shape index (κ1) is 13.7. The molecule has 0 unspecified atom stereocenters. The van der Waals surface area contributed by atoms with Crippen LogP contribution in [0.1, 0.15) is 44.9 Å². The summed E-state index contributed by atoms with van der Waals surface area (Å²) < 4.78 is 11.1. The van der Waals surface area contributed by atoms with Gasteiger partial charge in [0.15, 0.2) is 6.29 Å². The molecule has 0 amide bonds. The highest BCUT2D eigenvalue weighted by molar-refractivity contribution is 4.80. The molecule has 0 spiro atoms. The van der Waals surface area contributed by atoms with E-state index in [2.05, 4.69) is 6.08 Å². The number of aliphatic hydroxyl groups is 1. The second-order valence-corrected chi connectivity index (χ2v) is 4.15. The van der Waals surface area contributed by atoms with Gasteiger partial charge in [-0.3, -0.25) is 0 Å². The maximum absolute atomic E-state index is 8.57. The van der Waals surface area contributed by atoms with E-state index in [1.54, 1.807) is 0 Å². The van der Waals surface area contributed by atoms with Gasteiger partial charge in [0.05, 0.1) is 0 Å². The van der Waals surface area contributed by atoms with E-state index in [1.807, 2.05) is 6.08 Å². The van der Waals surface area contributed by atoms with Crippen molar-refractivity contribution in [3.8, 4) is 0 Å². The van der Waals surface area contributed by atoms with Gasteiger partial charge in [0.1, 0.15) is 0 Å². The van der Waals surface area contributed by atoms with Crippen LogP contribution in [-0.2, 0) is 9.47 Å². The molecule has 1 atom stereocenters. The van der Waals surface area contributed by atoms with E-state index in [9.17, 15) is 0 Å². The average molecular weight is 228 g/mol. The molecular weight excluding hydrogens is 204 g/mol. The van der Waals surface area contributed by atoms with E-state index in [0.29, 0.717) is 0 Å². The van der Waals surface area contributed by atoms with Crippen molar-refractivity contribution in [3.63, 3.8) is 0 Å². The summed E-state index contributed by atoms with van der Waals surface area (Å²) >= 11 is 0. The lowest BCUT2D eigenvalue weighted by Crippen LogP contribution is -2.22. The molecule has 0 aromatic rings. The van der Waals surface area contributed by atoms with E-state index in [0.717, 1.165) is 45.3 Å². The van der Waals surface area contributed by atoms with Crippen molar-refractivity contribution < 1.29 is 14.6 Å². The Morgan fingerprint density at radius 2 is 2.06 bits per heavy atom. The minimum atomic E-state index is 0.0543. The van der Waals surface area contributed by atoms with Gasteiger partial charge in [-0.1, -0.05) is 12.2 Å². The first-order valence-electron chi connectivity index (χ1n) is 6.42. The van der Waals surface area contributed by atoms with Gasteiger partial charge in [0.2, 0.25) is 0 Å². The van der Waals surface area contributed by atoms with Gasteiger partial charge < -0.3 is 14.6 Å². The van der Waals surface area contributed by atoms with Crippen LogP contribution < -0.4 is 0 Å². The molecule has 1 aliphatic rings. The second kappa shape index (κ2) is 9.82. The van der Waals surface area contributed by atoms with Crippen LogP contribution in [0.15, 0.2) is 12.2 Å². The molecule has 1 saturated heterocycles. The molecule has 0 saturated carbocycles. The summed E-state index contributed by atoms with van der Waals surface area (Å²) in [6.45, 7) is 1.91. The van der Waals surface area contributed by atoms with Crippen molar-refractivity contribution in [2.75, 3.05) is 19.8 Å². The molecule has 1 rings (SSSR count). The lowest BCUT2D eigenvalue weighted by Gasteiger charge is -2.22. The van der Waals surface area contributed by atoms with Crippen molar-refractivity contribution in [1.29, 1.82) is 0 Å². The van der Waals surface area contributed by atoms with Gasteiger partial charge in [-0.2, -0.15) is 0 Å². The zero-order valence-electron chi connectivity index (χ0n) is 10.1. The van der Waals surface area contributed by atoms with Gasteiger partial charge in [-0.05, 0) is 44.9 Å². The average Bonchev–Trinajstić information content (AvgIpc) is 2.34. The normalized spacial score (nSPS) is 21.7. The van der Waals surface area contributed by atoms with Crippen molar-refractivity contribution in [1.82, 2.24) is 0 Å². The van der Waals surface area contributed by atoms with E-state index in [4.69, 9.17) is 14.6 Å². The van der Waals surface area contributed by atoms with Crippen LogP contribution in [0.4, 0.5) is 0 Å². The number of allylic oxidation sites excluding steroid dienone is 1. The minimum Gasteiger partial charge on any atom is -0.396 e. The van der Waals surface area contributed by atoms with Gasteiger partial charge >= 0.3 is 0 Å². The van der Waals surface area contributed by atoms with Crippen LogP contribution in [0.5, 0.6) is 0 Å². The quantitative estimate of drug-likeness (QED) is 0.512. The molecule has 16 heavy (non-hydrogen) atoms. The fraction of sp³-hybridized carbons (Fsp3) is 0.846. The van der Waals surface area contributed by atoms with Gasteiger partial charge in [-0.25, -0.2) is 0 Å². The molecule has 0 aromatic carbocycles. The zero-order chi connectivity index (χ0) is 11.5. The lowest BCUT2D eigenvalue weighted by molar-refractivity contribution is -0.162.